The molecule has 0 aliphatic rings. The number of H-pyrrole nitrogens is 1. The van der Waals surface area contributed by atoms with E-state index in [1.54, 1.807) is 24.4 Å². The third-order valence-corrected chi connectivity index (χ3v) is 4.35. The van der Waals surface area contributed by atoms with Gasteiger partial charge in [0.25, 0.3) is 0 Å². The summed E-state index contributed by atoms with van der Waals surface area (Å²) in [6.07, 6.45) is 1.57. The summed E-state index contributed by atoms with van der Waals surface area (Å²) in [6.45, 7) is 5.16. The van der Waals surface area contributed by atoms with Gasteiger partial charge in [0.15, 0.2) is 10.9 Å². The van der Waals surface area contributed by atoms with Crippen LogP contribution in [0.4, 0.5) is 10.8 Å². The van der Waals surface area contributed by atoms with E-state index in [2.05, 4.69) is 15.3 Å². The SMILES string of the molecule is CC(=O)c1ccc(Nc2nc(-c3c[nH]c(C(=O)OC(C)C)c3)cs2)cc1. The van der Waals surface area contributed by atoms with Gasteiger partial charge in [0, 0.05) is 28.4 Å². The van der Waals surface area contributed by atoms with Crippen molar-refractivity contribution in [2.24, 2.45) is 0 Å². The van der Waals surface area contributed by atoms with Gasteiger partial charge < -0.3 is 15.0 Å². The van der Waals surface area contributed by atoms with Crippen LogP contribution in [-0.4, -0.2) is 27.8 Å². The number of thiazole rings is 1. The Morgan fingerprint density at radius 3 is 2.62 bits per heavy atom. The van der Waals surface area contributed by atoms with E-state index in [9.17, 15) is 9.59 Å². The lowest BCUT2D eigenvalue weighted by molar-refractivity contribution is 0.0371. The number of ether oxygens (including phenoxy) is 1. The molecule has 2 N–H and O–H groups in total. The van der Waals surface area contributed by atoms with Gasteiger partial charge in [-0.05, 0) is 51.1 Å². The van der Waals surface area contributed by atoms with Crippen molar-refractivity contribution in [2.75, 3.05) is 5.32 Å². The second-order valence-electron chi connectivity index (χ2n) is 6.05. The lowest BCUT2D eigenvalue weighted by Crippen LogP contribution is -2.11. The minimum atomic E-state index is -0.384. The Morgan fingerprint density at radius 2 is 1.96 bits per heavy atom. The molecule has 2 heterocycles. The van der Waals surface area contributed by atoms with Crippen molar-refractivity contribution in [1.82, 2.24) is 9.97 Å². The number of nitrogens with one attached hydrogen (secondary N) is 2. The summed E-state index contributed by atoms with van der Waals surface area (Å²) in [6, 6.07) is 8.96. The summed E-state index contributed by atoms with van der Waals surface area (Å²) in [5.74, 6) is -0.349. The number of benzene rings is 1. The van der Waals surface area contributed by atoms with E-state index in [1.165, 1.54) is 18.3 Å². The highest BCUT2D eigenvalue weighted by Gasteiger charge is 2.14. The Hall–Kier alpha value is -2.93. The molecule has 0 amide bonds. The van der Waals surface area contributed by atoms with Crippen molar-refractivity contribution in [1.29, 1.82) is 0 Å². The Balaban J connectivity index is 1.71. The molecule has 7 heteroatoms. The number of esters is 1. The Kier molecular flexibility index (Phi) is 5.18. The maximum absolute atomic E-state index is 11.9. The molecule has 0 unspecified atom stereocenters. The first-order valence-electron chi connectivity index (χ1n) is 8.15. The van der Waals surface area contributed by atoms with Gasteiger partial charge in [-0.3, -0.25) is 4.79 Å². The zero-order valence-corrected chi connectivity index (χ0v) is 15.5. The molecule has 3 rings (SSSR count). The van der Waals surface area contributed by atoms with E-state index in [-0.39, 0.29) is 17.9 Å². The fourth-order valence-electron chi connectivity index (χ4n) is 2.31. The van der Waals surface area contributed by atoms with Crippen LogP contribution in [0.3, 0.4) is 0 Å². The number of hydrogen-bond donors (Lipinski definition) is 2. The topological polar surface area (TPSA) is 84.1 Å². The third-order valence-electron chi connectivity index (χ3n) is 3.59. The number of carbonyl (C=O) groups is 2. The van der Waals surface area contributed by atoms with Crippen molar-refractivity contribution < 1.29 is 14.3 Å². The van der Waals surface area contributed by atoms with Crippen LogP contribution < -0.4 is 5.32 Å². The summed E-state index contributed by atoms with van der Waals surface area (Å²) in [5, 5.41) is 5.84. The molecule has 134 valence electrons. The molecular formula is C19H19N3O3S. The van der Waals surface area contributed by atoms with Gasteiger partial charge in [0.05, 0.1) is 11.8 Å². The average molecular weight is 369 g/mol. The first-order valence-corrected chi connectivity index (χ1v) is 9.03. The smallest absolute Gasteiger partial charge is 0.355 e. The maximum Gasteiger partial charge on any atom is 0.355 e. The fourth-order valence-corrected chi connectivity index (χ4v) is 3.05. The van der Waals surface area contributed by atoms with Crippen LogP contribution in [0.25, 0.3) is 11.3 Å². The molecule has 26 heavy (non-hydrogen) atoms. The van der Waals surface area contributed by atoms with Crippen molar-refractivity contribution in [3.05, 3.63) is 53.2 Å². The summed E-state index contributed by atoms with van der Waals surface area (Å²) in [7, 11) is 0. The van der Waals surface area contributed by atoms with Crippen molar-refractivity contribution in [3.8, 4) is 11.3 Å². The van der Waals surface area contributed by atoms with E-state index in [1.807, 2.05) is 31.4 Å². The number of Topliss-reactive ketones (excluding diaryl/α,β-unsaturated/α-hetero) is 1. The molecule has 0 fully saturated rings. The van der Waals surface area contributed by atoms with Crippen molar-refractivity contribution >= 4 is 33.9 Å². The summed E-state index contributed by atoms with van der Waals surface area (Å²) in [4.78, 5) is 30.7. The van der Waals surface area contributed by atoms with Gasteiger partial charge in [-0.1, -0.05) is 0 Å². The van der Waals surface area contributed by atoms with Crippen LogP contribution in [0.15, 0.2) is 41.9 Å². The molecule has 0 aliphatic carbocycles. The molecular weight excluding hydrogens is 350 g/mol. The number of aromatic amines is 1. The van der Waals surface area contributed by atoms with Gasteiger partial charge >= 0.3 is 5.97 Å². The average Bonchev–Trinajstić information content (AvgIpc) is 3.23. The summed E-state index contributed by atoms with van der Waals surface area (Å²) < 4.78 is 5.17. The summed E-state index contributed by atoms with van der Waals surface area (Å²) >= 11 is 1.46. The molecule has 6 nitrogen and oxygen atoms in total. The monoisotopic (exact) mass is 369 g/mol. The van der Waals surface area contributed by atoms with Gasteiger partial charge in [0.1, 0.15) is 5.69 Å². The van der Waals surface area contributed by atoms with Crippen molar-refractivity contribution in [3.63, 3.8) is 0 Å². The number of aromatic nitrogens is 2. The van der Waals surface area contributed by atoms with Crippen LogP contribution in [0.5, 0.6) is 0 Å². The van der Waals surface area contributed by atoms with Gasteiger partial charge in [-0.2, -0.15) is 0 Å². The molecule has 2 aromatic heterocycles. The number of ketones is 1. The van der Waals surface area contributed by atoms with Gasteiger partial charge in [-0.15, -0.1) is 11.3 Å². The normalized spacial score (nSPS) is 10.8. The Bertz CT molecular complexity index is 926. The predicted octanol–water partition coefficient (Wildman–Crippen LogP) is 4.65. The number of anilines is 2. The first-order chi connectivity index (χ1) is 12.4. The molecule has 3 aromatic rings. The van der Waals surface area contributed by atoms with Crippen LogP contribution in [-0.2, 0) is 4.74 Å². The molecule has 0 saturated carbocycles. The highest BCUT2D eigenvalue weighted by atomic mass is 32.1. The van der Waals surface area contributed by atoms with E-state index in [4.69, 9.17) is 4.74 Å². The van der Waals surface area contributed by atoms with E-state index >= 15 is 0 Å². The number of nitrogens with zero attached hydrogens (tertiary/aromatic N) is 1. The maximum atomic E-state index is 11.9. The zero-order chi connectivity index (χ0) is 18.7. The van der Waals surface area contributed by atoms with Crippen LogP contribution in [0.1, 0.15) is 41.6 Å². The Morgan fingerprint density at radius 1 is 1.23 bits per heavy atom. The lowest BCUT2D eigenvalue weighted by atomic mass is 10.1. The summed E-state index contributed by atoms with van der Waals surface area (Å²) in [5.41, 5.74) is 3.50. The molecule has 0 bridgehead atoms. The van der Waals surface area contributed by atoms with Crippen LogP contribution in [0.2, 0.25) is 0 Å². The standard InChI is InChI=1S/C19H19N3O3S/c1-11(2)25-18(24)16-8-14(9-20-16)17-10-26-19(22-17)21-15-6-4-13(5-7-15)12(3)23/h4-11,20H,1-3H3,(H,21,22). The minimum Gasteiger partial charge on any atom is -0.458 e. The molecule has 0 spiro atoms. The van der Waals surface area contributed by atoms with Crippen molar-refractivity contribution in [2.45, 2.75) is 26.9 Å². The molecule has 0 atom stereocenters. The molecule has 1 aromatic carbocycles. The minimum absolute atomic E-state index is 0.0346. The van der Waals surface area contributed by atoms with E-state index in [0.29, 0.717) is 11.3 Å². The largest absolute Gasteiger partial charge is 0.458 e. The third kappa shape index (κ3) is 4.18. The Labute approximate surface area is 155 Å². The number of carbonyl (C=O) groups excluding carboxylic acids is 2. The predicted molar refractivity (Wildman–Crippen MR) is 102 cm³/mol. The second kappa shape index (κ2) is 7.53. The first kappa shape index (κ1) is 17.9. The van der Waals surface area contributed by atoms with E-state index in [0.717, 1.165) is 22.1 Å². The molecule has 0 aliphatic heterocycles. The molecule has 0 radical (unpaired) electrons. The van der Waals surface area contributed by atoms with Crippen LogP contribution >= 0.6 is 11.3 Å². The highest BCUT2D eigenvalue weighted by Crippen LogP contribution is 2.28. The quantitative estimate of drug-likeness (QED) is 0.488. The van der Waals surface area contributed by atoms with Gasteiger partial charge in [-0.25, -0.2) is 9.78 Å². The lowest BCUT2D eigenvalue weighted by Gasteiger charge is -2.05. The van der Waals surface area contributed by atoms with Gasteiger partial charge in [0.2, 0.25) is 0 Å². The van der Waals surface area contributed by atoms with Crippen LogP contribution in [0, 0.1) is 0 Å². The highest BCUT2D eigenvalue weighted by molar-refractivity contribution is 7.14. The fraction of sp³-hybridized carbons (Fsp3) is 0.211. The zero-order valence-electron chi connectivity index (χ0n) is 14.7. The number of rotatable bonds is 6. The van der Waals surface area contributed by atoms with E-state index < -0.39 is 0 Å². The molecule has 0 saturated heterocycles. The number of hydrogen-bond acceptors (Lipinski definition) is 6. The second-order valence-corrected chi connectivity index (χ2v) is 6.91.